The van der Waals surface area contributed by atoms with Crippen molar-refractivity contribution in [3.05, 3.63) is 66.2 Å². The molecule has 35 heavy (non-hydrogen) atoms. The number of nitrogens with one attached hydrogen (secondary N) is 1. The fraction of sp³-hybridized carbons (Fsp3) is 0.370. The number of imidazole rings is 2. The lowest BCUT2D eigenvalue weighted by atomic mass is 9.87. The number of para-hydroxylation sites is 1. The van der Waals surface area contributed by atoms with Gasteiger partial charge in [-0.05, 0) is 23.1 Å². The highest BCUT2D eigenvalue weighted by molar-refractivity contribution is 5.91. The monoisotopic (exact) mass is 471 g/mol. The van der Waals surface area contributed by atoms with E-state index in [0.717, 1.165) is 60.8 Å². The number of aromatic amines is 1. The molecule has 182 valence electrons. The summed E-state index contributed by atoms with van der Waals surface area (Å²) in [4.78, 5) is 28.9. The molecule has 3 N–H and O–H groups in total. The molecule has 2 aromatic carbocycles. The van der Waals surface area contributed by atoms with Gasteiger partial charge in [-0.1, -0.05) is 51.1 Å². The van der Waals surface area contributed by atoms with Crippen LogP contribution in [-0.4, -0.2) is 56.5 Å². The zero-order chi connectivity index (χ0) is 24.6. The zero-order valence-electron chi connectivity index (χ0n) is 20.7. The molecule has 8 nitrogen and oxygen atoms in total. The maximum atomic E-state index is 11.1. The molecule has 1 aliphatic heterocycles. The van der Waals surface area contributed by atoms with Crippen molar-refractivity contribution in [1.29, 1.82) is 0 Å². The lowest BCUT2D eigenvalue weighted by Gasteiger charge is -2.35. The van der Waals surface area contributed by atoms with E-state index in [1.54, 1.807) is 10.9 Å². The van der Waals surface area contributed by atoms with Gasteiger partial charge in [0.1, 0.15) is 17.9 Å². The Hall–Kier alpha value is -3.65. The first kappa shape index (κ1) is 23.1. The topological polar surface area (TPSA) is 96.1 Å². The average molecular weight is 472 g/mol. The highest BCUT2D eigenvalue weighted by Gasteiger charge is 2.21. The van der Waals surface area contributed by atoms with E-state index in [1.165, 1.54) is 11.3 Å². The number of piperazine rings is 1. The predicted octanol–water partition coefficient (Wildman–Crippen LogP) is 3.53. The second kappa shape index (κ2) is 9.19. The summed E-state index contributed by atoms with van der Waals surface area (Å²) in [5.74, 6) is 0.540. The van der Waals surface area contributed by atoms with E-state index in [1.807, 2.05) is 6.20 Å². The third kappa shape index (κ3) is 5.07. The van der Waals surface area contributed by atoms with Crippen molar-refractivity contribution >= 4 is 22.6 Å². The molecule has 1 aliphatic rings. The number of primary amides is 1. The highest BCUT2D eigenvalue weighted by Crippen LogP contribution is 2.30. The molecule has 1 amide bonds. The molecule has 3 heterocycles. The Morgan fingerprint density at radius 2 is 1.80 bits per heavy atom. The van der Waals surface area contributed by atoms with Gasteiger partial charge in [-0.2, -0.15) is 0 Å². The SMILES string of the molecule is CC(C)(C)c1ccc(-c2nc3c(N4CCN(Cc5cn(CC(N)=O)cn5)CC4)cccc3[nH]2)cc1. The smallest absolute Gasteiger partial charge is 0.237 e. The van der Waals surface area contributed by atoms with Crippen molar-refractivity contribution in [3.63, 3.8) is 0 Å². The van der Waals surface area contributed by atoms with E-state index < -0.39 is 0 Å². The molecule has 0 bridgehead atoms. The van der Waals surface area contributed by atoms with Crippen molar-refractivity contribution in [1.82, 2.24) is 24.4 Å². The largest absolute Gasteiger partial charge is 0.368 e. The molecule has 0 aliphatic carbocycles. The Morgan fingerprint density at radius 3 is 2.49 bits per heavy atom. The molecule has 0 atom stereocenters. The number of aromatic nitrogens is 4. The van der Waals surface area contributed by atoms with E-state index >= 15 is 0 Å². The van der Waals surface area contributed by atoms with Crippen molar-refractivity contribution in [2.75, 3.05) is 31.1 Å². The summed E-state index contributed by atoms with van der Waals surface area (Å²) in [6.07, 6.45) is 3.57. The van der Waals surface area contributed by atoms with Crippen LogP contribution in [0.5, 0.6) is 0 Å². The van der Waals surface area contributed by atoms with Gasteiger partial charge in [0.15, 0.2) is 0 Å². The summed E-state index contributed by atoms with van der Waals surface area (Å²) in [5.41, 5.74) is 12.0. The van der Waals surface area contributed by atoms with Crippen LogP contribution >= 0.6 is 0 Å². The predicted molar refractivity (Wildman–Crippen MR) is 139 cm³/mol. The minimum absolute atomic E-state index is 0.130. The van der Waals surface area contributed by atoms with Gasteiger partial charge >= 0.3 is 0 Å². The second-order valence-electron chi connectivity index (χ2n) is 10.4. The summed E-state index contributed by atoms with van der Waals surface area (Å²) in [6.45, 7) is 11.3. The van der Waals surface area contributed by atoms with Crippen LogP contribution in [0.25, 0.3) is 22.4 Å². The van der Waals surface area contributed by atoms with Crippen LogP contribution in [0, 0.1) is 0 Å². The van der Waals surface area contributed by atoms with E-state index in [4.69, 9.17) is 10.7 Å². The number of amides is 1. The summed E-state index contributed by atoms with van der Waals surface area (Å²) in [7, 11) is 0. The molecule has 8 heteroatoms. The van der Waals surface area contributed by atoms with E-state index in [0.29, 0.717) is 0 Å². The first-order valence-electron chi connectivity index (χ1n) is 12.1. The molecule has 1 saturated heterocycles. The molecular weight excluding hydrogens is 438 g/mol. The number of carbonyl (C=O) groups is 1. The zero-order valence-corrected chi connectivity index (χ0v) is 20.7. The molecule has 1 fully saturated rings. The maximum Gasteiger partial charge on any atom is 0.237 e. The molecule has 0 spiro atoms. The van der Waals surface area contributed by atoms with E-state index in [9.17, 15) is 4.79 Å². The molecule has 2 aromatic heterocycles. The van der Waals surface area contributed by atoms with Gasteiger partial charge in [0.2, 0.25) is 5.91 Å². The van der Waals surface area contributed by atoms with Crippen molar-refractivity contribution in [3.8, 4) is 11.4 Å². The number of nitrogens with two attached hydrogens (primary N) is 1. The summed E-state index contributed by atoms with van der Waals surface area (Å²) in [5, 5.41) is 0. The van der Waals surface area contributed by atoms with Crippen LogP contribution in [0.1, 0.15) is 32.0 Å². The van der Waals surface area contributed by atoms with Gasteiger partial charge in [-0.15, -0.1) is 0 Å². The first-order valence-corrected chi connectivity index (χ1v) is 12.1. The Kier molecular flexibility index (Phi) is 6.06. The molecule has 0 unspecified atom stereocenters. The normalized spacial score (nSPS) is 15.1. The van der Waals surface area contributed by atoms with Crippen LogP contribution in [0.4, 0.5) is 5.69 Å². The summed E-state index contributed by atoms with van der Waals surface area (Å²) < 4.78 is 1.74. The molecule has 0 saturated carbocycles. The number of hydrogen-bond donors (Lipinski definition) is 2. The van der Waals surface area contributed by atoms with Gasteiger partial charge in [0.05, 0.1) is 23.2 Å². The lowest BCUT2D eigenvalue weighted by molar-refractivity contribution is -0.118. The molecule has 0 radical (unpaired) electrons. The number of nitrogens with zero attached hydrogens (tertiary/aromatic N) is 5. The fourth-order valence-electron chi connectivity index (χ4n) is 4.67. The number of anilines is 1. The van der Waals surface area contributed by atoms with Crippen molar-refractivity contribution in [2.24, 2.45) is 5.73 Å². The summed E-state index contributed by atoms with van der Waals surface area (Å²) >= 11 is 0. The second-order valence-corrected chi connectivity index (χ2v) is 10.4. The Labute approximate surface area is 205 Å². The van der Waals surface area contributed by atoms with Crippen molar-refractivity contribution in [2.45, 2.75) is 39.3 Å². The van der Waals surface area contributed by atoms with Crippen LogP contribution in [0.3, 0.4) is 0 Å². The maximum absolute atomic E-state index is 11.1. The minimum Gasteiger partial charge on any atom is -0.368 e. The van der Waals surface area contributed by atoms with Gasteiger partial charge in [-0.3, -0.25) is 9.69 Å². The highest BCUT2D eigenvalue weighted by atomic mass is 16.1. The molecule has 4 aromatic rings. The Bertz CT molecular complexity index is 1320. The number of fused-ring (bicyclic) bond motifs is 1. The third-order valence-electron chi connectivity index (χ3n) is 6.64. The van der Waals surface area contributed by atoms with Gasteiger partial charge in [0, 0.05) is 44.5 Å². The van der Waals surface area contributed by atoms with Crippen LogP contribution in [-0.2, 0) is 23.3 Å². The fourth-order valence-corrected chi connectivity index (χ4v) is 4.67. The van der Waals surface area contributed by atoms with Crippen LogP contribution in [0.2, 0.25) is 0 Å². The quantitative estimate of drug-likeness (QED) is 0.449. The van der Waals surface area contributed by atoms with Gasteiger partial charge in [-0.25, -0.2) is 9.97 Å². The molecule has 5 rings (SSSR count). The Morgan fingerprint density at radius 1 is 1.06 bits per heavy atom. The van der Waals surface area contributed by atoms with Crippen LogP contribution < -0.4 is 10.6 Å². The molecular formula is C27H33N7O. The standard InChI is InChI=1S/C27H33N7O/c1-27(2,3)20-9-7-19(8-10-20)26-30-22-5-4-6-23(25(22)31-26)34-13-11-32(12-14-34)15-21-16-33(18-29-21)17-24(28)35/h4-10,16,18H,11-15,17H2,1-3H3,(H2,28,35)(H,30,31). The number of carbonyl (C=O) groups excluding carboxylic acids is 1. The summed E-state index contributed by atoms with van der Waals surface area (Å²) in [6, 6.07) is 15.1. The lowest BCUT2D eigenvalue weighted by Crippen LogP contribution is -2.46. The number of benzene rings is 2. The third-order valence-corrected chi connectivity index (χ3v) is 6.64. The van der Waals surface area contributed by atoms with E-state index in [2.05, 4.69) is 83.0 Å². The average Bonchev–Trinajstić information content (AvgIpc) is 3.45. The van der Waals surface area contributed by atoms with E-state index in [-0.39, 0.29) is 17.9 Å². The number of rotatable bonds is 6. The Balaban J connectivity index is 1.28. The van der Waals surface area contributed by atoms with Gasteiger partial charge < -0.3 is 20.2 Å². The number of hydrogen-bond acceptors (Lipinski definition) is 5. The number of H-pyrrole nitrogens is 1. The van der Waals surface area contributed by atoms with Crippen LogP contribution in [0.15, 0.2) is 55.0 Å². The van der Waals surface area contributed by atoms with Crippen molar-refractivity contribution < 1.29 is 4.79 Å². The minimum atomic E-state index is -0.361. The van der Waals surface area contributed by atoms with Gasteiger partial charge in [0.25, 0.3) is 0 Å². The first-order chi connectivity index (χ1) is 16.8.